The van der Waals surface area contributed by atoms with E-state index >= 15 is 0 Å². The molecule has 2 aromatic rings. The molecule has 0 spiro atoms. The first-order valence-corrected chi connectivity index (χ1v) is 9.28. The van der Waals surface area contributed by atoms with Crippen molar-refractivity contribution in [2.75, 3.05) is 4.90 Å². The molecule has 4 nitrogen and oxygen atoms in total. The van der Waals surface area contributed by atoms with E-state index in [4.69, 9.17) is 11.6 Å². The fourth-order valence-electron chi connectivity index (χ4n) is 4.42. The third kappa shape index (κ3) is 3.23. The van der Waals surface area contributed by atoms with Crippen molar-refractivity contribution in [3.63, 3.8) is 0 Å². The van der Waals surface area contributed by atoms with Crippen molar-refractivity contribution in [2.24, 2.45) is 5.92 Å². The van der Waals surface area contributed by atoms with Gasteiger partial charge in [-0.05, 0) is 54.5 Å². The van der Waals surface area contributed by atoms with Gasteiger partial charge in [-0.1, -0.05) is 36.6 Å². The summed E-state index contributed by atoms with van der Waals surface area (Å²) in [6.45, 7) is 0.823. The van der Waals surface area contributed by atoms with Gasteiger partial charge in [-0.2, -0.15) is 0 Å². The van der Waals surface area contributed by atoms with Gasteiger partial charge in [0.05, 0.1) is 4.92 Å². The first-order valence-electron chi connectivity index (χ1n) is 8.90. The Bertz CT molecular complexity index is 791. The molecular formula is C20H21ClN2O2. The van der Waals surface area contributed by atoms with Gasteiger partial charge in [-0.25, -0.2) is 0 Å². The highest BCUT2D eigenvalue weighted by Crippen LogP contribution is 2.42. The average Bonchev–Trinajstić information content (AvgIpc) is 2.62. The number of nitro benzene ring substituents is 1. The van der Waals surface area contributed by atoms with Crippen LogP contribution in [0, 0.1) is 16.0 Å². The standard InChI is InChI=1S/C20H21ClN2O2/c21-17-7-5-14(6-8-17)13-22-19-4-2-1-3-15(19)11-16-12-18(23(24)25)9-10-20(16)22/h5-10,12,15,19H,1-4,11,13H2/t15-,19-/m1/s1. The third-order valence-corrected chi connectivity index (χ3v) is 5.85. The van der Waals surface area contributed by atoms with Crippen molar-refractivity contribution < 1.29 is 4.92 Å². The monoisotopic (exact) mass is 356 g/mol. The second kappa shape index (κ2) is 6.68. The lowest BCUT2D eigenvalue weighted by Crippen LogP contribution is -2.46. The number of non-ortho nitro benzene ring substituents is 1. The van der Waals surface area contributed by atoms with E-state index in [9.17, 15) is 10.1 Å². The van der Waals surface area contributed by atoms with Gasteiger partial charge in [0.25, 0.3) is 5.69 Å². The van der Waals surface area contributed by atoms with Crippen LogP contribution in [0.3, 0.4) is 0 Å². The maximum Gasteiger partial charge on any atom is 0.269 e. The number of hydrogen-bond donors (Lipinski definition) is 0. The number of fused-ring (bicyclic) bond motifs is 2. The smallest absolute Gasteiger partial charge is 0.269 e. The van der Waals surface area contributed by atoms with E-state index in [0.717, 1.165) is 29.2 Å². The van der Waals surface area contributed by atoms with Gasteiger partial charge in [0, 0.05) is 35.4 Å². The second-order valence-electron chi connectivity index (χ2n) is 7.14. The molecule has 130 valence electrons. The van der Waals surface area contributed by atoms with Gasteiger partial charge in [-0.3, -0.25) is 10.1 Å². The van der Waals surface area contributed by atoms with Crippen molar-refractivity contribution in [1.82, 2.24) is 0 Å². The predicted octanol–water partition coefficient (Wildman–Crippen LogP) is 5.37. The van der Waals surface area contributed by atoms with Gasteiger partial charge in [0.2, 0.25) is 0 Å². The van der Waals surface area contributed by atoms with E-state index < -0.39 is 0 Å². The van der Waals surface area contributed by atoms with E-state index in [1.165, 1.54) is 31.2 Å². The number of rotatable bonds is 3. The van der Waals surface area contributed by atoms with Gasteiger partial charge >= 0.3 is 0 Å². The molecule has 1 saturated carbocycles. The number of anilines is 1. The van der Waals surface area contributed by atoms with Crippen LogP contribution in [0.15, 0.2) is 42.5 Å². The number of nitrogens with zero attached hydrogens (tertiary/aromatic N) is 2. The Labute approximate surface area is 152 Å². The van der Waals surface area contributed by atoms with E-state index in [2.05, 4.69) is 17.0 Å². The zero-order chi connectivity index (χ0) is 17.4. The number of nitro groups is 1. The molecule has 2 aromatic carbocycles. The average molecular weight is 357 g/mol. The Hall–Kier alpha value is -2.07. The Balaban J connectivity index is 1.71. The maximum atomic E-state index is 11.2. The number of halogens is 1. The lowest BCUT2D eigenvalue weighted by molar-refractivity contribution is -0.384. The van der Waals surface area contributed by atoms with E-state index in [-0.39, 0.29) is 10.6 Å². The minimum absolute atomic E-state index is 0.194. The van der Waals surface area contributed by atoms with Gasteiger partial charge in [-0.15, -0.1) is 0 Å². The third-order valence-electron chi connectivity index (χ3n) is 5.60. The van der Waals surface area contributed by atoms with Crippen LogP contribution in [0.5, 0.6) is 0 Å². The van der Waals surface area contributed by atoms with E-state index in [1.54, 1.807) is 12.1 Å². The predicted molar refractivity (Wildman–Crippen MR) is 100 cm³/mol. The van der Waals surface area contributed by atoms with Crippen molar-refractivity contribution in [3.05, 3.63) is 68.7 Å². The summed E-state index contributed by atoms with van der Waals surface area (Å²) >= 11 is 6.02. The minimum Gasteiger partial charge on any atom is -0.364 e. The molecule has 0 aromatic heterocycles. The van der Waals surface area contributed by atoms with Crippen LogP contribution in [-0.4, -0.2) is 11.0 Å². The van der Waals surface area contributed by atoms with Crippen LogP contribution in [0.2, 0.25) is 5.02 Å². The fraction of sp³-hybridized carbons (Fsp3) is 0.400. The van der Waals surface area contributed by atoms with Gasteiger partial charge in [0.15, 0.2) is 0 Å². The summed E-state index contributed by atoms with van der Waals surface area (Å²) in [6.07, 6.45) is 5.90. The Kier molecular flexibility index (Phi) is 4.38. The minimum atomic E-state index is -0.295. The van der Waals surface area contributed by atoms with Crippen LogP contribution in [-0.2, 0) is 13.0 Å². The molecule has 0 radical (unpaired) electrons. The number of benzene rings is 2. The SMILES string of the molecule is O=[N+]([O-])c1ccc2c(c1)C[C@H]1CCCC[C@H]1N2Cc1ccc(Cl)cc1. The van der Waals surface area contributed by atoms with E-state index in [0.29, 0.717) is 12.0 Å². The summed E-state index contributed by atoms with van der Waals surface area (Å²) in [7, 11) is 0. The topological polar surface area (TPSA) is 46.4 Å². The molecule has 0 amide bonds. The molecule has 0 unspecified atom stereocenters. The summed E-state index contributed by atoms with van der Waals surface area (Å²) in [5.41, 5.74) is 3.69. The summed E-state index contributed by atoms with van der Waals surface area (Å²) < 4.78 is 0. The molecule has 2 aliphatic rings. The largest absolute Gasteiger partial charge is 0.364 e. The molecule has 1 aliphatic heterocycles. The lowest BCUT2D eigenvalue weighted by atomic mass is 9.76. The number of hydrogen-bond acceptors (Lipinski definition) is 3. The highest BCUT2D eigenvalue weighted by atomic mass is 35.5. The Morgan fingerprint density at radius 2 is 1.88 bits per heavy atom. The molecule has 4 rings (SSSR count). The van der Waals surface area contributed by atoms with Crippen molar-refractivity contribution in [2.45, 2.75) is 44.7 Å². The molecule has 1 fully saturated rings. The summed E-state index contributed by atoms with van der Waals surface area (Å²) in [6, 6.07) is 13.9. The summed E-state index contributed by atoms with van der Waals surface area (Å²) in [5.74, 6) is 0.593. The van der Waals surface area contributed by atoms with Gasteiger partial charge in [0.1, 0.15) is 0 Å². The van der Waals surface area contributed by atoms with Gasteiger partial charge < -0.3 is 4.90 Å². The molecule has 1 aliphatic carbocycles. The van der Waals surface area contributed by atoms with Crippen molar-refractivity contribution >= 4 is 23.0 Å². The highest BCUT2D eigenvalue weighted by molar-refractivity contribution is 6.30. The Morgan fingerprint density at radius 3 is 2.64 bits per heavy atom. The molecule has 2 atom stereocenters. The van der Waals surface area contributed by atoms with Crippen molar-refractivity contribution in [1.29, 1.82) is 0 Å². The molecule has 0 saturated heterocycles. The van der Waals surface area contributed by atoms with Crippen LogP contribution in [0.25, 0.3) is 0 Å². The Morgan fingerprint density at radius 1 is 1.12 bits per heavy atom. The molecule has 0 bridgehead atoms. The molecule has 25 heavy (non-hydrogen) atoms. The molecule has 1 heterocycles. The van der Waals surface area contributed by atoms with Crippen LogP contribution in [0.4, 0.5) is 11.4 Å². The molecular weight excluding hydrogens is 336 g/mol. The fourth-order valence-corrected chi connectivity index (χ4v) is 4.54. The zero-order valence-electron chi connectivity index (χ0n) is 14.0. The first kappa shape index (κ1) is 16.4. The summed E-state index contributed by atoms with van der Waals surface area (Å²) in [4.78, 5) is 13.3. The highest BCUT2D eigenvalue weighted by Gasteiger charge is 2.36. The lowest BCUT2D eigenvalue weighted by Gasteiger charge is -2.46. The van der Waals surface area contributed by atoms with Crippen molar-refractivity contribution in [3.8, 4) is 0 Å². The zero-order valence-corrected chi connectivity index (χ0v) is 14.8. The van der Waals surface area contributed by atoms with E-state index in [1.807, 2.05) is 18.2 Å². The second-order valence-corrected chi connectivity index (χ2v) is 7.58. The molecule has 0 N–H and O–H groups in total. The van der Waals surface area contributed by atoms with Crippen LogP contribution in [0.1, 0.15) is 36.8 Å². The summed E-state index contributed by atoms with van der Waals surface area (Å²) in [5, 5.41) is 11.9. The maximum absolute atomic E-state index is 11.2. The first-order chi connectivity index (χ1) is 12.1. The molecule has 5 heteroatoms. The van der Waals surface area contributed by atoms with Crippen LogP contribution >= 0.6 is 11.6 Å². The normalized spacial score (nSPS) is 22.2. The van der Waals surface area contributed by atoms with Crippen LogP contribution < -0.4 is 4.90 Å². The quantitative estimate of drug-likeness (QED) is 0.548.